The molecule has 1 N–H and O–H groups in total. The Morgan fingerprint density at radius 2 is 2.07 bits per heavy atom. The maximum Gasteiger partial charge on any atom is 0.0420 e. The van der Waals surface area contributed by atoms with Crippen LogP contribution in [0.5, 0.6) is 0 Å². The summed E-state index contributed by atoms with van der Waals surface area (Å²) in [6.45, 7) is 4.01. The zero-order valence-electron chi connectivity index (χ0n) is 9.68. The minimum absolute atomic E-state index is 0.00737. The monoisotopic (exact) mass is 212 g/mol. The minimum atomic E-state index is -0.894. The van der Waals surface area contributed by atoms with Crippen molar-refractivity contribution < 1.29 is 9.90 Å². The van der Waals surface area contributed by atoms with Gasteiger partial charge in [0.2, 0.25) is 0 Å². The van der Waals surface area contributed by atoms with Crippen LogP contribution in [0.4, 0.5) is 0 Å². The maximum atomic E-state index is 10.7. The number of hydrogen-bond acceptors (Lipinski definition) is 3. The van der Waals surface area contributed by atoms with Crippen molar-refractivity contribution >= 4 is 5.97 Å². The number of hydrogen-bond donors (Lipinski definition) is 1. The van der Waals surface area contributed by atoms with Crippen LogP contribution >= 0.6 is 0 Å². The topological polar surface area (TPSA) is 52.2 Å². The lowest BCUT2D eigenvalue weighted by molar-refractivity contribution is -0.308. The van der Waals surface area contributed by atoms with Crippen LogP contribution in [0.25, 0.3) is 0 Å². The van der Waals surface area contributed by atoms with E-state index in [0.717, 1.165) is 25.9 Å². The summed E-state index contributed by atoms with van der Waals surface area (Å²) in [5.41, 5.74) is -0.00737. The molecule has 0 saturated heterocycles. The molecule has 0 radical (unpaired) electrons. The second-order valence-corrected chi connectivity index (χ2v) is 4.79. The molecular weight excluding hydrogens is 190 g/mol. The SMILES string of the molecule is CCCCNCC1(CC(=O)[O-])CCCC1. The highest BCUT2D eigenvalue weighted by Gasteiger charge is 2.33. The first-order chi connectivity index (χ1) is 7.18. The van der Waals surface area contributed by atoms with E-state index < -0.39 is 5.97 Å². The predicted octanol–water partition coefficient (Wildman–Crippen LogP) is 1.08. The molecule has 1 fully saturated rings. The van der Waals surface area contributed by atoms with Gasteiger partial charge in [0.25, 0.3) is 0 Å². The number of carbonyl (C=O) groups is 1. The van der Waals surface area contributed by atoms with Crippen molar-refractivity contribution in [2.45, 2.75) is 51.9 Å². The van der Waals surface area contributed by atoms with E-state index in [9.17, 15) is 9.90 Å². The summed E-state index contributed by atoms with van der Waals surface area (Å²) in [4.78, 5) is 10.7. The normalized spacial score (nSPS) is 19.3. The fourth-order valence-electron chi connectivity index (χ4n) is 2.50. The molecule has 0 spiro atoms. The fraction of sp³-hybridized carbons (Fsp3) is 0.917. The minimum Gasteiger partial charge on any atom is -0.550 e. The van der Waals surface area contributed by atoms with E-state index in [-0.39, 0.29) is 11.8 Å². The van der Waals surface area contributed by atoms with Crippen LogP contribution in [-0.2, 0) is 4.79 Å². The third-order valence-corrected chi connectivity index (χ3v) is 3.39. The number of carboxylic acid groups (broad SMARTS) is 1. The molecule has 0 amide bonds. The van der Waals surface area contributed by atoms with Gasteiger partial charge in [-0.3, -0.25) is 0 Å². The van der Waals surface area contributed by atoms with Gasteiger partial charge in [-0.05, 0) is 37.6 Å². The van der Waals surface area contributed by atoms with Crippen LogP contribution in [0, 0.1) is 5.41 Å². The number of rotatable bonds is 7. The van der Waals surface area contributed by atoms with E-state index in [1.54, 1.807) is 0 Å². The first-order valence-electron chi connectivity index (χ1n) is 6.09. The lowest BCUT2D eigenvalue weighted by Gasteiger charge is -2.29. The second kappa shape index (κ2) is 6.11. The van der Waals surface area contributed by atoms with Crippen molar-refractivity contribution in [3.8, 4) is 0 Å². The third kappa shape index (κ3) is 4.20. The summed E-state index contributed by atoms with van der Waals surface area (Å²) in [6, 6.07) is 0. The predicted molar refractivity (Wildman–Crippen MR) is 58.3 cm³/mol. The van der Waals surface area contributed by atoms with Crippen LogP contribution < -0.4 is 10.4 Å². The molecule has 0 aromatic heterocycles. The van der Waals surface area contributed by atoms with Gasteiger partial charge in [0.05, 0.1) is 0 Å². The molecule has 15 heavy (non-hydrogen) atoms. The van der Waals surface area contributed by atoms with Crippen molar-refractivity contribution in [2.24, 2.45) is 5.41 Å². The molecule has 0 bridgehead atoms. The van der Waals surface area contributed by atoms with Crippen molar-refractivity contribution in [1.29, 1.82) is 0 Å². The molecule has 0 unspecified atom stereocenters. The van der Waals surface area contributed by atoms with E-state index in [4.69, 9.17) is 0 Å². The van der Waals surface area contributed by atoms with E-state index in [1.807, 2.05) is 0 Å². The first kappa shape index (κ1) is 12.5. The Morgan fingerprint density at radius 3 is 2.60 bits per heavy atom. The standard InChI is InChI=1S/C12H23NO2/c1-2-3-8-13-10-12(9-11(14)15)6-4-5-7-12/h13H,2-10H2,1H3,(H,14,15)/p-1. The van der Waals surface area contributed by atoms with Gasteiger partial charge in [-0.2, -0.15) is 0 Å². The van der Waals surface area contributed by atoms with Gasteiger partial charge in [0.15, 0.2) is 0 Å². The van der Waals surface area contributed by atoms with Crippen molar-refractivity contribution in [2.75, 3.05) is 13.1 Å². The molecule has 1 saturated carbocycles. The summed E-state index contributed by atoms with van der Waals surface area (Å²) in [5.74, 6) is -0.894. The maximum absolute atomic E-state index is 10.7. The highest BCUT2D eigenvalue weighted by atomic mass is 16.4. The molecule has 3 heteroatoms. The van der Waals surface area contributed by atoms with Gasteiger partial charge >= 0.3 is 0 Å². The van der Waals surface area contributed by atoms with Gasteiger partial charge in [0, 0.05) is 12.5 Å². The molecule has 0 heterocycles. The second-order valence-electron chi connectivity index (χ2n) is 4.79. The van der Waals surface area contributed by atoms with Gasteiger partial charge in [-0.15, -0.1) is 0 Å². The number of aliphatic carboxylic acids is 1. The number of unbranched alkanes of at least 4 members (excludes halogenated alkanes) is 1. The molecule has 1 rings (SSSR count). The van der Waals surface area contributed by atoms with Crippen LogP contribution in [0.15, 0.2) is 0 Å². The number of carbonyl (C=O) groups excluding carboxylic acids is 1. The zero-order chi connectivity index (χ0) is 11.1. The highest BCUT2D eigenvalue weighted by Crippen LogP contribution is 2.40. The van der Waals surface area contributed by atoms with E-state index in [1.165, 1.54) is 25.7 Å². The van der Waals surface area contributed by atoms with Gasteiger partial charge in [-0.1, -0.05) is 26.2 Å². The lowest BCUT2D eigenvalue weighted by atomic mass is 9.82. The Labute approximate surface area is 92.3 Å². The van der Waals surface area contributed by atoms with Gasteiger partial charge < -0.3 is 15.2 Å². The number of carboxylic acids is 1. The molecular formula is C12H22NO2-. The third-order valence-electron chi connectivity index (χ3n) is 3.39. The smallest absolute Gasteiger partial charge is 0.0420 e. The van der Waals surface area contributed by atoms with Gasteiger partial charge in [-0.25, -0.2) is 0 Å². The van der Waals surface area contributed by atoms with Gasteiger partial charge in [0.1, 0.15) is 0 Å². The van der Waals surface area contributed by atoms with Crippen LogP contribution in [0.2, 0.25) is 0 Å². The molecule has 0 aromatic rings. The average Bonchev–Trinajstić information content (AvgIpc) is 2.61. The Bertz CT molecular complexity index is 198. The Hall–Kier alpha value is -0.570. The van der Waals surface area contributed by atoms with E-state index in [0.29, 0.717) is 0 Å². The Balaban J connectivity index is 2.32. The summed E-state index contributed by atoms with van der Waals surface area (Å²) in [7, 11) is 0. The quantitative estimate of drug-likeness (QED) is 0.642. The van der Waals surface area contributed by atoms with Crippen LogP contribution in [0.3, 0.4) is 0 Å². The van der Waals surface area contributed by atoms with Crippen molar-refractivity contribution in [3.05, 3.63) is 0 Å². The largest absolute Gasteiger partial charge is 0.550 e. The average molecular weight is 212 g/mol. The van der Waals surface area contributed by atoms with Crippen molar-refractivity contribution in [3.63, 3.8) is 0 Å². The molecule has 0 aromatic carbocycles. The first-order valence-corrected chi connectivity index (χ1v) is 6.09. The van der Waals surface area contributed by atoms with Crippen LogP contribution in [0.1, 0.15) is 51.9 Å². The molecule has 1 aliphatic carbocycles. The Kier molecular flexibility index (Phi) is 5.09. The summed E-state index contributed by atoms with van der Waals surface area (Å²) in [6.07, 6.45) is 7.00. The Morgan fingerprint density at radius 1 is 1.40 bits per heavy atom. The van der Waals surface area contributed by atoms with E-state index in [2.05, 4.69) is 12.2 Å². The fourth-order valence-corrected chi connectivity index (χ4v) is 2.50. The zero-order valence-corrected chi connectivity index (χ0v) is 9.68. The van der Waals surface area contributed by atoms with Crippen LogP contribution in [-0.4, -0.2) is 19.1 Å². The molecule has 3 nitrogen and oxygen atoms in total. The molecule has 88 valence electrons. The molecule has 0 aliphatic heterocycles. The lowest BCUT2D eigenvalue weighted by Crippen LogP contribution is -2.38. The highest BCUT2D eigenvalue weighted by molar-refractivity contribution is 5.65. The summed E-state index contributed by atoms with van der Waals surface area (Å²) >= 11 is 0. The van der Waals surface area contributed by atoms with E-state index >= 15 is 0 Å². The summed E-state index contributed by atoms with van der Waals surface area (Å²) in [5, 5.41) is 14.1. The van der Waals surface area contributed by atoms with Crippen molar-refractivity contribution in [1.82, 2.24) is 5.32 Å². The molecule has 0 atom stereocenters. The summed E-state index contributed by atoms with van der Waals surface area (Å²) < 4.78 is 0. The number of nitrogens with one attached hydrogen (secondary N) is 1. The molecule has 1 aliphatic rings.